The summed E-state index contributed by atoms with van der Waals surface area (Å²) >= 11 is 3.34. The summed E-state index contributed by atoms with van der Waals surface area (Å²) in [5, 5.41) is 2.95. The molecule has 0 spiro atoms. The molecule has 1 heterocycles. The van der Waals surface area contributed by atoms with Gasteiger partial charge in [0.2, 0.25) is 0 Å². The Morgan fingerprint density at radius 1 is 1.17 bits per heavy atom. The molecule has 5 heteroatoms. The molecule has 1 aromatic heterocycles. The number of halogens is 2. The Labute approximate surface area is 114 Å². The van der Waals surface area contributed by atoms with Crippen LogP contribution in [0, 0.1) is 19.7 Å². The average Bonchev–Trinajstić information content (AvgIpc) is 2.35. The lowest BCUT2D eigenvalue weighted by Gasteiger charge is -2.11. The third-order valence-corrected chi connectivity index (χ3v) is 3.22. The minimum absolute atomic E-state index is 0.313. The second kappa shape index (κ2) is 5.02. The van der Waals surface area contributed by atoms with E-state index in [-0.39, 0.29) is 5.82 Å². The SMILES string of the molecule is CNc1nc(C)c(C)nc1-c1cc(Br)ccc1F. The number of benzene rings is 1. The summed E-state index contributed by atoms with van der Waals surface area (Å²) in [4.78, 5) is 8.81. The normalized spacial score (nSPS) is 10.5. The van der Waals surface area contributed by atoms with Crippen molar-refractivity contribution in [3.63, 3.8) is 0 Å². The summed E-state index contributed by atoms with van der Waals surface area (Å²) in [6.07, 6.45) is 0. The number of hydrogen-bond acceptors (Lipinski definition) is 3. The van der Waals surface area contributed by atoms with Crippen LogP contribution in [0.3, 0.4) is 0 Å². The lowest BCUT2D eigenvalue weighted by Crippen LogP contribution is -2.03. The first-order chi connectivity index (χ1) is 8.52. The van der Waals surface area contributed by atoms with Gasteiger partial charge in [-0.2, -0.15) is 0 Å². The Hall–Kier alpha value is -1.49. The summed E-state index contributed by atoms with van der Waals surface area (Å²) in [6, 6.07) is 4.77. The summed E-state index contributed by atoms with van der Waals surface area (Å²) in [5.41, 5.74) is 2.59. The van der Waals surface area contributed by atoms with Crippen molar-refractivity contribution >= 4 is 21.7 Å². The largest absolute Gasteiger partial charge is 0.371 e. The number of nitrogens with zero attached hydrogens (tertiary/aromatic N) is 2. The van der Waals surface area contributed by atoms with Gasteiger partial charge in [0.1, 0.15) is 11.5 Å². The predicted octanol–water partition coefficient (Wildman–Crippen LogP) is 3.70. The molecule has 1 N–H and O–H groups in total. The molecule has 0 amide bonds. The third kappa shape index (κ3) is 2.36. The number of nitrogens with one attached hydrogen (secondary N) is 1. The van der Waals surface area contributed by atoms with Crippen molar-refractivity contribution in [1.82, 2.24) is 9.97 Å². The van der Waals surface area contributed by atoms with Gasteiger partial charge in [0.25, 0.3) is 0 Å². The van der Waals surface area contributed by atoms with Crippen LogP contribution in [0.25, 0.3) is 11.3 Å². The molecule has 0 saturated heterocycles. The van der Waals surface area contributed by atoms with Crippen LogP contribution in [0.4, 0.5) is 10.2 Å². The molecule has 0 saturated carbocycles. The lowest BCUT2D eigenvalue weighted by atomic mass is 10.1. The van der Waals surface area contributed by atoms with Crippen molar-refractivity contribution in [2.75, 3.05) is 12.4 Å². The quantitative estimate of drug-likeness (QED) is 0.919. The Kier molecular flexibility index (Phi) is 3.61. The van der Waals surface area contributed by atoms with E-state index in [0.29, 0.717) is 17.1 Å². The molecular formula is C13H13BrFN3. The molecule has 0 bridgehead atoms. The van der Waals surface area contributed by atoms with Gasteiger partial charge in [-0.3, -0.25) is 0 Å². The number of aryl methyl sites for hydroxylation is 2. The van der Waals surface area contributed by atoms with Crippen molar-refractivity contribution in [3.8, 4) is 11.3 Å². The second-order valence-corrected chi connectivity index (χ2v) is 4.88. The van der Waals surface area contributed by atoms with Gasteiger partial charge in [-0.25, -0.2) is 14.4 Å². The molecule has 0 unspecified atom stereocenters. The van der Waals surface area contributed by atoms with Gasteiger partial charge in [0.15, 0.2) is 5.82 Å². The molecule has 0 radical (unpaired) electrons. The smallest absolute Gasteiger partial charge is 0.152 e. The van der Waals surface area contributed by atoms with Crippen LogP contribution in [0.1, 0.15) is 11.4 Å². The molecule has 0 atom stereocenters. The van der Waals surface area contributed by atoms with Gasteiger partial charge in [0, 0.05) is 17.1 Å². The highest BCUT2D eigenvalue weighted by atomic mass is 79.9. The van der Waals surface area contributed by atoms with E-state index in [1.807, 2.05) is 13.8 Å². The zero-order valence-corrected chi connectivity index (χ0v) is 12.0. The molecule has 0 fully saturated rings. The lowest BCUT2D eigenvalue weighted by molar-refractivity contribution is 0.630. The molecule has 2 aromatic rings. The standard InChI is InChI=1S/C13H13BrFN3/c1-7-8(2)18-13(16-3)12(17-7)10-6-9(14)4-5-11(10)15/h4-6H,1-3H3,(H,16,18). The summed E-state index contributed by atoms with van der Waals surface area (Å²) < 4.78 is 14.7. The van der Waals surface area contributed by atoms with Gasteiger partial charge in [-0.15, -0.1) is 0 Å². The average molecular weight is 310 g/mol. The second-order valence-electron chi connectivity index (χ2n) is 3.97. The van der Waals surface area contributed by atoms with Gasteiger partial charge in [-0.1, -0.05) is 15.9 Å². The molecule has 3 nitrogen and oxygen atoms in total. The summed E-state index contributed by atoms with van der Waals surface area (Å²) in [6.45, 7) is 3.74. The Balaban J connectivity index is 2.69. The van der Waals surface area contributed by atoms with E-state index in [1.54, 1.807) is 19.2 Å². The summed E-state index contributed by atoms with van der Waals surface area (Å²) in [5.74, 6) is 0.266. The van der Waals surface area contributed by atoms with Crippen molar-refractivity contribution < 1.29 is 4.39 Å². The van der Waals surface area contributed by atoms with Crippen molar-refractivity contribution in [3.05, 3.63) is 39.9 Å². The molecule has 2 rings (SSSR count). The van der Waals surface area contributed by atoms with E-state index in [1.165, 1.54) is 6.07 Å². The Morgan fingerprint density at radius 2 is 1.83 bits per heavy atom. The predicted molar refractivity (Wildman–Crippen MR) is 74.1 cm³/mol. The van der Waals surface area contributed by atoms with Crippen LogP contribution in [0.5, 0.6) is 0 Å². The molecule has 0 aliphatic carbocycles. The van der Waals surface area contributed by atoms with Gasteiger partial charge < -0.3 is 5.32 Å². The van der Waals surface area contributed by atoms with E-state index < -0.39 is 0 Å². The van der Waals surface area contributed by atoms with E-state index in [0.717, 1.165) is 15.9 Å². The van der Waals surface area contributed by atoms with E-state index in [2.05, 4.69) is 31.2 Å². The minimum atomic E-state index is -0.313. The monoisotopic (exact) mass is 309 g/mol. The van der Waals surface area contributed by atoms with Crippen LogP contribution in [-0.4, -0.2) is 17.0 Å². The maximum absolute atomic E-state index is 13.9. The van der Waals surface area contributed by atoms with Crippen molar-refractivity contribution in [2.24, 2.45) is 0 Å². The third-order valence-electron chi connectivity index (χ3n) is 2.73. The van der Waals surface area contributed by atoms with E-state index in [4.69, 9.17) is 0 Å². The molecule has 1 aromatic carbocycles. The molecule has 18 heavy (non-hydrogen) atoms. The zero-order chi connectivity index (χ0) is 13.3. The highest BCUT2D eigenvalue weighted by Crippen LogP contribution is 2.29. The van der Waals surface area contributed by atoms with E-state index >= 15 is 0 Å². The highest BCUT2D eigenvalue weighted by molar-refractivity contribution is 9.10. The molecule has 0 aliphatic heterocycles. The van der Waals surface area contributed by atoms with Crippen LogP contribution >= 0.6 is 15.9 Å². The van der Waals surface area contributed by atoms with Crippen LogP contribution < -0.4 is 5.32 Å². The number of aromatic nitrogens is 2. The van der Waals surface area contributed by atoms with Gasteiger partial charge in [-0.05, 0) is 32.0 Å². The molecular weight excluding hydrogens is 297 g/mol. The Morgan fingerprint density at radius 3 is 2.50 bits per heavy atom. The van der Waals surface area contributed by atoms with Crippen LogP contribution in [-0.2, 0) is 0 Å². The maximum atomic E-state index is 13.9. The van der Waals surface area contributed by atoms with Gasteiger partial charge in [0.05, 0.1) is 11.4 Å². The van der Waals surface area contributed by atoms with Crippen molar-refractivity contribution in [1.29, 1.82) is 0 Å². The first kappa shape index (κ1) is 13.0. The molecule has 94 valence electrons. The number of rotatable bonds is 2. The summed E-state index contributed by atoms with van der Waals surface area (Å²) in [7, 11) is 1.75. The number of anilines is 1. The first-order valence-corrected chi connectivity index (χ1v) is 6.30. The van der Waals surface area contributed by atoms with E-state index in [9.17, 15) is 4.39 Å². The fourth-order valence-corrected chi connectivity index (χ4v) is 2.01. The first-order valence-electron chi connectivity index (χ1n) is 5.51. The van der Waals surface area contributed by atoms with Gasteiger partial charge >= 0.3 is 0 Å². The number of hydrogen-bond donors (Lipinski definition) is 1. The Bertz CT molecular complexity index is 599. The fourth-order valence-electron chi connectivity index (χ4n) is 1.64. The minimum Gasteiger partial charge on any atom is -0.371 e. The fraction of sp³-hybridized carbons (Fsp3) is 0.231. The zero-order valence-electron chi connectivity index (χ0n) is 10.4. The van der Waals surface area contributed by atoms with Crippen molar-refractivity contribution in [2.45, 2.75) is 13.8 Å². The topological polar surface area (TPSA) is 37.8 Å². The van der Waals surface area contributed by atoms with Crippen LogP contribution in [0.15, 0.2) is 22.7 Å². The van der Waals surface area contributed by atoms with Crippen LogP contribution in [0.2, 0.25) is 0 Å². The molecule has 0 aliphatic rings. The highest BCUT2D eigenvalue weighted by Gasteiger charge is 2.14. The maximum Gasteiger partial charge on any atom is 0.152 e.